The van der Waals surface area contributed by atoms with E-state index in [0.717, 1.165) is 0 Å². The van der Waals surface area contributed by atoms with Crippen molar-refractivity contribution in [2.45, 2.75) is 31.7 Å². The van der Waals surface area contributed by atoms with Crippen LogP contribution in [0.1, 0.15) is 13.3 Å². The molecule has 0 bridgehead atoms. The molecule has 0 aromatic carbocycles. The summed E-state index contributed by atoms with van der Waals surface area (Å²) in [4.78, 5) is 38.0. The maximum Gasteiger partial charge on any atom is 0.413 e. The second kappa shape index (κ2) is 7.14. The highest BCUT2D eigenvalue weighted by molar-refractivity contribution is 5.76. The molecule has 0 saturated carbocycles. The van der Waals surface area contributed by atoms with Gasteiger partial charge in [-0.1, -0.05) is 0 Å². The molecule has 2 fully saturated rings. The van der Waals surface area contributed by atoms with E-state index >= 15 is 0 Å². The molecule has 2 saturated heterocycles. The van der Waals surface area contributed by atoms with Crippen LogP contribution >= 0.6 is 0 Å². The number of fused-ring (bicyclic) bond motifs is 1. The van der Waals surface area contributed by atoms with Gasteiger partial charge >= 0.3 is 18.0 Å². The number of ether oxygens (including phenoxy) is 2. The zero-order valence-corrected chi connectivity index (χ0v) is 13.5. The normalized spacial score (nSPS) is 27.7. The first-order valence-electron chi connectivity index (χ1n) is 7.57. The van der Waals surface area contributed by atoms with Crippen LogP contribution in [-0.2, 0) is 19.1 Å². The maximum atomic E-state index is 12.2. The first kappa shape index (κ1) is 17.5. The Morgan fingerprint density at radius 3 is 2.65 bits per heavy atom. The molecule has 2 unspecified atom stereocenters. The highest BCUT2D eigenvalue weighted by Gasteiger charge is 2.48. The van der Waals surface area contributed by atoms with E-state index in [4.69, 9.17) is 14.6 Å². The molecular weight excluding hydrogens is 306 g/mol. The molecule has 9 nitrogen and oxygen atoms in total. The lowest BCUT2D eigenvalue weighted by Crippen LogP contribution is -2.41. The Hall–Kier alpha value is -1.87. The fraction of sp³-hybridized carbons (Fsp3) is 0.786. The van der Waals surface area contributed by atoms with Crippen molar-refractivity contribution in [2.24, 2.45) is 5.92 Å². The van der Waals surface area contributed by atoms with Gasteiger partial charge in [-0.2, -0.15) is 0 Å². The van der Waals surface area contributed by atoms with Crippen LogP contribution in [0.3, 0.4) is 0 Å². The zero-order valence-electron chi connectivity index (χ0n) is 13.5. The highest BCUT2D eigenvalue weighted by atomic mass is 16.7. The molecule has 2 aliphatic rings. The van der Waals surface area contributed by atoms with Crippen LogP contribution in [0.5, 0.6) is 0 Å². The van der Waals surface area contributed by atoms with E-state index in [0.29, 0.717) is 19.5 Å². The second-order valence-electron chi connectivity index (χ2n) is 6.12. The van der Waals surface area contributed by atoms with Gasteiger partial charge in [0.2, 0.25) is 6.29 Å². The summed E-state index contributed by atoms with van der Waals surface area (Å²) >= 11 is 0. The Morgan fingerprint density at radius 2 is 2.04 bits per heavy atom. The molecular formula is C14H23N3O6. The number of rotatable bonds is 5. The number of carboxylic acid groups (broad SMARTS) is 1. The zero-order chi connectivity index (χ0) is 17.1. The van der Waals surface area contributed by atoms with Gasteiger partial charge in [0.05, 0.1) is 12.6 Å². The van der Waals surface area contributed by atoms with Crippen LogP contribution in [0.4, 0.5) is 4.79 Å². The predicted octanol–water partition coefficient (Wildman–Crippen LogP) is -0.679. The minimum Gasteiger partial charge on any atom is -0.480 e. The van der Waals surface area contributed by atoms with Gasteiger partial charge in [0.15, 0.2) is 0 Å². The molecule has 0 spiro atoms. The summed E-state index contributed by atoms with van der Waals surface area (Å²) in [5.74, 6) is -1.51. The van der Waals surface area contributed by atoms with Crippen molar-refractivity contribution in [3.8, 4) is 0 Å². The number of nitrogens with one attached hydrogen (secondary N) is 1. The first-order chi connectivity index (χ1) is 10.8. The molecule has 4 atom stereocenters. The average molecular weight is 329 g/mol. The lowest BCUT2D eigenvalue weighted by molar-refractivity contribution is -0.166. The Labute approximate surface area is 134 Å². The van der Waals surface area contributed by atoms with Gasteiger partial charge in [0, 0.05) is 25.9 Å². The third-order valence-electron chi connectivity index (χ3n) is 4.08. The molecule has 0 aromatic rings. The molecule has 0 radical (unpaired) electrons. The van der Waals surface area contributed by atoms with Crippen molar-refractivity contribution >= 4 is 18.0 Å². The number of likely N-dealkylation sites (tertiary alicyclic amines) is 1. The third kappa shape index (κ3) is 4.11. The maximum absolute atomic E-state index is 12.2. The van der Waals surface area contributed by atoms with Crippen LogP contribution in [0, 0.1) is 5.92 Å². The number of aliphatic carboxylic acids is 1. The Kier molecular flexibility index (Phi) is 5.42. The molecule has 0 aliphatic carbocycles. The van der Waals surface area contributed by atoms with Crippen LogP contribution in [0.15, 0.2) is 0 Å². The Balaban J connectivity index is 1.85. The van der Waals surface area contributed by atoms with Crippen LogP contribution in [0.25, 0.3) is 0 Å². The van der Waals surface area contributed by atoms with Gasteiger partial charge in [0.1, 0.15) is 6.04 Å². The van der Waals surface area contributed by atoms with E-state index in [-0.39, 0.29) is 18.5 Å². The fourth-order valence-electron chi connectivity index (χ4n) is 3.14. The number of likely N-dealkylation sites (N-methyl/N-ethyl adjacent to an activating group) is 1. The molecule has 23 heavy (non-hydrogen) atoms. The molecule has 1 amide bonds. The quantitative estimate of drug-likeness (QED) is 0.504. The number of esters is 1. The van der Waals surface area contributed by atoms with E-state index in [2.05, 4.69) is 5.32 Å². The van der Waals surface area contributed by atoms with Gasteiger partial charge in [0.25, 0.3) is 0 Å². The number of carbonyl (C=O) groups excluding carboxylic acids is 2. The summed E-state index contributed by atoms with van der Waals surface area (Å²) in [7, 11) is 3.46. The minimum absolute atomic E-state index is 0.0977. The third-order valence-corrected chi connectivity index (χ3v) is 4.08. The minimum atomic E-state index is -0.987. The number of amides is 1. The van der Waals surface area contributed by atoms with Gasteiger partial charge < -0.3 is 24.8 Å². The van der Waals surface area contributed by atoms with Crippen molar-refractivity contribution in [3.63, 3.8) is 0 Å². The Morgan fingerprint density at radius 1 is 1.35 bits per heavy atom. The van der Waals surface area contributed by atoms with Gasteiger partial charge in [-0.05, 0) is 20.5 Å². The van der Waals surface area contributed by atoms with Crippen LogP contribution in [0.2, 0.25) is 0 Å². The summed E-state index contributed by atoms with van der Waals surface area (Å²) in [5, 5.41) is 12.1. The molecule has 2 N–H and O–H groups in total. The highest BCUT2D eigenvalue weighted by Crippen LogP contribution is 2.32. The van der Waals surface area contributed by atoms with E-state index in [1.54, 1.807) is 19.0 Å². The lowest BCUT2D eigenvalue weighted by Gasteiger charge is -2.24. The van der Waals surface area contributed by atoms with Gasteiger partial charge in [-0.25, -0.2) is 4.79 Å². The number of carbonyl (C=O) groups is 3. The van der Waals surface area contributed by atoms with Crippen molar-refractivity contribution < 1.29 is 29.0 Å². The van der Waals surface area contributed by atoms with Crippen molar-refractivity contribution in [2.75, 3.05) is 33.7 Å². The number of carboxylic acids is 1. The van der Waals surface area contributed by atoms with Crippen molar-refractivity contribution in [3.05, 3.63) is 0 Å². The second-order valence-corrected chi connectivity index (χ2v) is 6.12. The standard InChI is InChI=1S/C14H23N3O6/c1-8(22-11(18)7-16(2)3)23-14(21)17-5-4-9-10(17)6-15-12(9)13(19)20/h8-10,12,15H,4-7H2,1-3H3,(H,19,20)/t8?,9-,10-,12?/m0/s1. The largest absolute Gasteiger partial charge is 0.480 e. The first-order valence-corrected chi connectivity index (χ1v) is 7.57. The molecule has 2 aliphatic heterocycles. The molecule has 130 valence electrons. The Bertz CT molecular complexity index is 483. The summed E-state index contributed by atoms with van der Waals surface area (Å²) in [5.41, 5.74) is 0. The monoisotopic (exact) mass is 329 g/mol. The smallest absolute Gasteiger partial charge is 0.413 e. The van der Waals surface area contributed by atoms with Gasteiger partial charge in [-0.15, -0.1) is 0 Å². The average Bonchev–Trinajstić information content (AvgIpc) is 2.96. The topological polar surface area (TPSA) is 108 Å². The van der Waals surface area contributed by atoms with Crippen molar-refractivity contribution in [1.82, 2.24) is 15.1 Å². The summed E-state index contributed by atoms with van der Waals surface area (Å²) in [6.45, 7) is 2.44. The van der Waals surface area contributed by atoms with E-state index in [1.165, 1.54) is 11.8 Å². The van der Waals surface area contributed by atoms with E-state index in [9.17, 15) is 14.4 Å². The van der Waals surface area contributed by atoms with Crippen LogP contribution in [-0.4, -0.2) is 85.0 Å². The number of hydrogen-bond acceptors (Lipinski definition) is 7. The fourth-order valence-corrected chi connectivity index (χ4v) is 3.14. The summed E-state index contributed by atoms with van der Waals surface area (Å²) in [6, 6.07) is -0.832. The molecule has 2 heterocycles. The predicted molar refractivity (Wildman–Crippen MR) is 78.6 cm³/mol. The lowest BCUT2D eigenvalue weighted by atomic mass is 9.97. The molecule has 2 rings (SSSR count). The molecule has 0 aromatic heterocycles. The van der Waals surface area contributed by atoms with E-state index < -0.39 is 30.4 Å². The number of hydrogen-bond donors (Lipinski definition) is 2. The van der Waals surface area contributed by atoms with E-state index in [1.807, 2.05) is 0 Å². The summed E-state index contributed by atoms with van der Waals surface area (Å²) in [6.07, 6.45) is -0.965. The van der Waals surface area contributed by atoms with Gasteiger partial charge in [-0.3, -0.25) is 14.5 Å². The molecule has 9 heteroatoms. The number of nitrogens with zero attached hydrogens (tertiary/aromatic N) is 2. The SMILES string of the molecule is CC(OC(=O)CN(C)C)OC(=O)N1CC[C@@H]2C(C(=O)O)NC[C@@H]21. The van der Waals surface area contributed by atoms with Crippen molar-refractivity contribution in [1.29, 1.82) is 0 Å². The van der Waals surface area contributed by atoms with Crippen LogP contribution < -0.4 is 5.32 Å². The summed E-state index contributed by atoms with van der Waals surface area (Å²) < 4.78 is 10.1.